The predicted molar refractivity (Wildman–Crippen MR) is 70.8 cm³/mol. The van der Waals surface area contributed by atoms with Crippen LogP contribution < -0.4 is 16.0 Å². The van der Waals surface area contributed by atoms with Gasteiger partial charge in [-0.3, -0.25) is 4.79 Å². The van der Waals surface area contributed by atoms with Gasteiger partial charge in [-0.15, -0.1) is 0 Å². The number of nitrogen functional groups attached to an aromatic ring is 1. The van der Waals surface area contributed by atoms with E-state index in [1.807, 2.05) is 14.1 Å². The van der Waals surface area contributed by atoms with E-state index in [0.29, 0.717) is 11.6 Å². The number of rotatable bonds is 3. The van der Waals surface area contributed by atoms with Crippen molar-refractivity contribution in [3.05, 3.63) is 30.5 Å². The van der Waals surface area contributed by atoms with E-state index in [-0.39, 0.29) is 11.5 Å². The van der Waals surface area contributed by atoms with Crippen LogP contribution in [0.3, 0.4) is 0 Å². The first-order valence-electron chi connectivity index (χ1n) is 5.45. The molecular formula is C11H13N7O. The van der Waals surface area contributed by atoms with Gasteiger partial charge >= 0.3 is 0 Å². The Labute approximate surface area is 109 Å². The van der Waals surface area contributed by atoms with Crippen molar-refractivity contribution in [1.29, 1.82) is 0 Å². The Balaban J connectivity index is 2.13. The highest BCUT2D eigenvalue weighted by Crippen LogP contribution is 2.10. The maximum atomic E-state index is 11.9. The Kier molecular flexibility index (Phi) is 3.51. The summed E-state index contributed by atoms with van der Waals surface area (Å²) in [6.07, 6.45) is 5.83. The maximum Gasteiger partial charge on any atom is 0.278 e. The molecule has 2 heterocycles. The smallest absolute Gasteiger partial charge is 0.278 e. The second kappa shape index (κ2) is 5.25. The summed E-state index contributed by atoms with van der Waals surface area (Å²) in [6.45, 7) is 0. The van der Waals surface area contributed by atoms with Crippen molar-refractivity contribution < 1.29 is 4.79 Å². The van der Waals surface area contributed by atoms with Crippen molar-refractivity contribution in [2.45, 2.75) is 0 Å². The molecule has 98 valence electrons. The van der Waals surface area contributed by atoms with Crippen LogP contribution in [0.25, 0.3) is 0 Å². The van der Waals surface area contributed by atoms with Crippen molar-refractivity contribution >= 4 is 23.4 Å². The Morgan fingerprint density at radius 3 is 2.37 bits per heavy atom. The fraction of sp³-hybridized carbons (Fsp3) is 0.182. The topological polar surface area (TPSA) is 110 Å². The monoisotopic (exact) mass is 259 g/mol. The van der Waals surface area contributed by atoms with E-state index < -0.39 is 5.91 Å². The first-order chi connectivity index (χ1) is 9.08. The fourth-order valence-electron chi connectivity index (χ4n) is 1.33. The lowest BCUT2D eigenvalue weighted by Gasteiger charge is -2.10. The molecule has 0 bridgehead atoms. The van der Waals surface area contributed by atoms with E-state index in [4.69, 9.17) is 5.73 Å². The third-order valence-corrected chi connectivity index (χ3v) is 2.24. The number of nitrogens with two attached hydrogens (primary N) is 1. The van der Waals surface area contributed by atoms with E-state index in [0.717, 1.165) is 0 Å². The molecule has 2 rings (SSSR count). The van der Waals surface area contributed by atoms with E-state index in [1.165, 1.54) is 24.8 Å². The minimum Gasteiger partial charge on any atom is -0.382 e. The number of hydrogen-bond donors (Lipinski definition) is 2. The summed E-state index contributed by atoms with van der Waals surface area (Å²) in [5, 5.41) is 2.60. The van der Waals surface area contributed by atoms with Crippen LogP contribution in [0, 0.1) is 0 Å². The summed E-state index contributed by atoms with van der Waals surface area (Å²) in [5.74, 6) is 0.176. The van der Waals surface area contributed by atoms with Gasteiger partial charge in [0.25, 0.3) is 5.91 Å². The van der Waals surface area contributed by atoms with Gasteiger partial charge in [-0.2, -0.15) is 0 Å². The molecule has 0 fully saturated rings. The van der Waals surface area contributed by atoms with Gasteiger partial charge in [-0.1, -0.05) is 0 Å². The molecule has 0 aliphatic heterocycles. The summed E-state index contributed by atoms with van der Waals surface area (Å²) in [5.41, 5.74) is 6.09. The maximum absolute atomic E-state index is 11.9. The lowest BCUT2D eigenvalue weighted by atomic mass is 10.3. The lowest BCUT2D eigenvalue weighted by Crippen LogP contribution is -2.17. The van der Waals surface area contributed by atoms with Crippen molar-refractivity contribution in [3.8, 4) is 0 Å². The van der Waals surface area contributed by atoms with E-state index in [2.05, 4.69) is 25.3 Å². The number of nitrogens with one attached hydrogen (secondary N) is 1. The van der Waals surface area contributed by atoms with E-state index in [1.54, 1.807) is 4.90 Å². The van der Waals surface area contributed by atoms with Crippen molar-refractivity contribution in [2.75, 3.05) is 30.0 Å². The summed E-state index contributed by atoms with van der Waals surface area (Å²) >= 11 is 0. The summed E-state index contributed by atoms with van der Waals surface area (Å²) < 4.78 is 0. The molecule has 0 radical (unpaired) electrons. The van der Waals surface area contributed by atoms with Gasteiger partial charge in [-0.25, -0.2) is 19.9 Å². The second-order valence-electron chi connectivity index (χ2n) is 3.91. The normalized spacial score (nSPS) is 10.0. The molecule has 2 aromatic heterocycles. The van der Waals surface area contributed by atoms with Crippen LogP contribution in [0.15, 0.2) is 24.8 Å². The van der Waals surface area contributed by atoms with E-state index in [9.17, 15) is 4.79 Å². The molecule has 0 spiro atoms. The number of aromatic nitrogens is 4. The standard InChI is InChI=1S/C11H13N7O/c1-18(2)11-15-5-7(6-16-11)17-10(19)8-9(12)14-4-3-13-8/h3-6H,1-2H3,(H2,12,14)(H,17,19). The Morgan fingerprint density at radius 2 is 1.79 bits per heavy atom. The Morgan fingerprint density at radius 1 is 1.16 bits per heavy atom. The van der Waals surface area contributed by atoms with Gasteiger partial charge in [0, 0.05) is 26.5 Å². The Hall–Kier alpha value is -2.77. The number of carbonyl (C=O) groups excluding carboxylic acids is 1. The molecule has 0 saturated heterocycles. The highest BCUT2D eigenvalue weighted by atomic mass is 16.1. The fourth-order valence-corrected chi connectivity index (χ4v) is 1.33. The van der Waals surface area contributed by atoms with Crippen molar-refractivity contribution in [1.82, 2.24) is 19.9 Å². The number of nitrogens with zero attached hydrogens (tertiary/aromatic N) is 5. The molecule has 0 aliphatic rings. The summed E-state index contributed by atoms with van der Waals surface area (Å²) in [4.78, 5) is 29.5. The van der Waals surface area contributed by atoms with Gasteiger partial charge in [0.1, 0.15) is 0 Å². The average molecular weight is 259 g/mol. The van der Waals surface area contributed by atoms with Gasteiger partial charge in [0.15, 0.2) is 11.5 Å². The number of anilines is 3. The minimum atomic E-state index is -0.452. The quantitative estimate of drug-likeness (QED) is 0.808. The lowest BCUT2D eigenvalue weighted by molar-refractivity contribution is 0.102. The highest BCUT2D eigenvalue weighted by Gasteiger charge is 2.12. The van der Waals surface area contributed by atoms with Crippen LogP contribution in [0.4, 0.5) is 17.5 Å². The summed E-state index contributed by atoms with van der Waals surface area (Å²) in [6, 6.07) is 0. The zero-order valence-corrected chi connectivity index (χ0v) is 10.5. The van der Waals surface area contributed by atoms with Gasteiger partial charge in [0.05, 0.1) is 18.1 Å². The zero-order valence-electron chi connectivity index (χ0n) is 10.5. The average Bonchev–Trinajstić information content (AvgIpc) is 2.39. The molecule has 3 N–H and O–H groups in total. The Bertz CT molecular complexity index is 582. The van der Waals surface area contributed by atoms with Crippen molar-refractivity contribution in [3.63, 3.8) is 0 Å². The molecule has 2 aromatic rings. The number of hydrogen-bond acceptors (Lipinski definition) is 7. The second-order valence-corrected chi connectivity index (χ2v) is 3.91. The molecule has 0 atom stereocenters. The number of amides is 1. The van der Waals surface area contributed by atoms with Crippen LogP contribution in [0.2, 0.25) is 0 Å². The largest absolute Gasteiger partial charge is 0.382 e. The molecule has 8 heteroatoms. The molecule has 1 amide bonds. The van der Waals surface area contributed by atoms with Crippen LogP contribution in [0.5, 0.6) is 0 Å². The third kappa shape index (κ3) is 2.92. The molecule has 0 unspecified atom stereocenters. The van der Waals surface area contributed by atoms with Gasteiger partial charge < -0.3 is 16.0 Å². The third-order valence-electron chi connectivity index (χ3n) is 2.24. The number of carbonyl (C=O) groups is 1. The SMILES string of the molecule is CN(C)c1ncc(NC(=O)c2nccnc2N)cn1. The van der Waals surface area contributed by atoms with Crippen LogP contribution in [-0.4, -0.2) is 39.9 Å². The van der Waals surface area contributed by atoms with Crippen LogP contribution >= 0.6 is 0 Å². The molecule has 0 saturated carbocycles. The predicted octanol–water partition coefficient (Wildman–Crippen LogP) is 0.167. The van der Waals surface area contributed by atoms with E-state index >= 15 is 0 Å². The van der Waals surface area contributed by atoms with Crippen molar-refractivity contribution in [2.24, 2.45) is 0 Å². The van der Waals surface area contributed by atoms with Crippen LogP contribution in [0.1, 0.15) is 10.5 Å². The first kappa shape index (κ1) is 12.7. The summed E-state index contributed by atoms with van der Waals surface area (Å²) in [7, 11) is 3.65. The highest BCUT2D eigenvalue weighted by molar-refractivity contribution is 6.05. The molecular weight excluding hydrogens is 246 g/mol. The zero-order chi connectivity index (χ0) is 13.8. The molecule has 19 heavy (non-hydrogen) atoms. The van der Waals surface area contributed by atoms with Gasteiger partial charge in [-0.05, 0) is 0 Å². The first-order valence-corrected chi connectivity index (χ1v) is 5.45. The van der Waals surface area contributed by atoms with Crippen LogP contribution in [-0.2, 0) is 0 Å². The molecule has 8 nitrogen and oxygen atoms in total. The van der Waals surface area contributed by atoms with Gasteiger partial charge in [0.2, 0.25) is 5.95 Å². The molecule has 0 aromatic carbocycles. The minimum absolute atomic E-state index is 0.0687. The molecule has 0 aliphatic carbocycles.